The molecule has 4 heteroatoms. The van der Waals surface area contributed by atoms with Crippen molar-refractivity contribution in [3.05, 3.63) is 24.3 Å². The van der Waals surface area contributed by atoms with Gasteiger partial charge in [0, 0.05) is 0 Å². The van der Waals surface area contributed by atoms with Gasteiger partial charge in [-0.1, -0.05) is 12.1 Å². The molecule has 0 aliphatic carbocycles. The molecule has 1 rings (SSSR count). The molecular weight excluding hydrogens is 156 g/mol. The lowest BCUT2D eigenvalue weighted by Gasteiger charge is -2.08. The maximum absolute atomic E-state index is 5.22. The molecule has 4 nitrogen and oxygen atoms in total. The van der Waals surface area contributed by atoms with E-state index in [2.05, 4.69) is 0 Å². The van der Waals surface area contributed by atoms with Crippen molar-refractivity contribution in [2.24, 2.45) is 11.5 Å². The zero-order valence-electron chi connectivity index (χ0n) is 6.69. The maximum atomic E-state index is 5.22. The van der Waals surface area contributed by atoms with Crippen LogP contribution in [0.1, 0.15) is 0 Å². The molecule has 0 atom stereocenters. The quantitative estimate of drug-likeness (QED) is 0.633. The summed E-state index contributed by atoms with van der Waals surface area (Å²) in [6.07, 6.45) is 0. The number of nitrogens with two attached hydrogens (primary N) is 2. The van der Waals surface area contributed by atoms with Crippen LogP contribution in [0.4, 0.5) is 0 Å². The van der Waals surface area contributed by atoms with Crippen molar-refractivity contribution < 1.29 is 9.47 Å². The van der Waals surface area contributed by atoms with E-state index in [4.69, 9.17) is 20.9 Å². The highest BCUT2D eigenvalue weighted by molar-refractivity contribution is 5.39. The Morgan fingerprint density at radius 1 is 0.917 bits per heavy atom. The van der Waals surface area contributed by atoms with Crippen LogP contribution in [-0.2, 0) is 0 Å². The summed E-state index contributed by atoms with van der Waals surface area (Å²) in [7, 11) is 0. The average molecular weight is 168 g/mol. The van der Waals surface area contributed by atoms with Crippen LogP contribution in [0.25, 0.3) is 0 Å². The summed E-state index contributed by atoms with van der Waals surface area (Å²) in [6, 6.07) is 7.23. The van der Waals surface area contributed by atoms with Gasteiger partial charge in [-0.25, -0.2) is 0 Å². The molecule has 0 bridgehead atoms. The maximum Gasteiger partial charge on any atom is 0.163 e. The molecule has 0 aromatic heterocycles. The van der Waals surface area contributed by atoms with Gasteiger partial charge >= 0.3 is 0 Å². The first-order valence-electron chi connectivity index (χ1n) is 3.63. The van der Waals surface area contributed by atoms with E-state index in [-0.39, 0.29) is 13.5 Å². The second kappa shape index (κ2) is 4.58. The number of hydrogen-bond acceptors (Lipinski definition) is 4. The smallest absolute Gasteiger partial charge is 0.163 e. The van der Waals surface area contributed by atoms with Gasteiger partial charge < -0.3 is 9.47 Å². The van der Waals surface area contributed by atoms with Crippen molar-refractivity contribution in [2.45, 2.75) is 0 Å². The van der Waals surface area contributed by atoms with E-state index >= 15 is 0 Å². The minimum absolute atomic E-state index is 0.130. The van der Waals surface area contributed by atoms with Gasteiger partial charge in [0.15, 0.2) is 11.5 Å². The predicted octanol–water partition coefficient (Wildman–Crippen LogP) is 0.277. The van der Waals surface area contributed by atoms with Gasteiger partial charge in [0.2, 0.25) is 0 Å². The number of para-hydroxylation sites is 2. The Kier molecular flexibility index (Phi) is 3.37. The summed E-state index contributed by atoms with van der Waals surface area (Å²) >= 11 is 0. The van der Waals surface area contributed by atoms with Crippen molar-refractivity contribution in [3.8, 4) is 11.5 Å². The molecule has 0 spiro atoms. The fourth-order valence-electron chi connectivity index (χ4n) is 0.868. The SMILES string of the molecule is NCOc1ccccc1OCN. The predicted molar refractivity (Wildman–Crippen MR) is 45.8 cm³/mol. The number of rotatable bonds is 4. The van der Waals surface area contributed by atoms with E-state index in [1.54, 1.807) is 12.1 Å². The molecule has 0 amide bonds. The van der Waals surface area contributed by atoms with Crippen LogP contribution in [0.15, 0.2) is 24.3 Å². The topological polar surface area (TPSA) is 70.5 Å². The van der Waals surface area contributed by atoms with E-state index < -0.39 is 0 Å². The average Bonchev–Trinajstić information content (AvgIpc) is 2.09. The van der Waals surface area contributed by atoms with Crippen molar-refractivity contribution in [1.29, 1.82) is 0 Å². The molecule has 66 valence electrons. The lowest BCUT2D eigenvalue weighted by molar-refractivity contribution is 0.278. The fraction of sp³-hybridized carbons (Fsp3) is 0.250. The molecule has 0 radical (unpaired) electrons. The van der Waals surface area contributed by atoms with Gasteiger partial charge in [-0.05, 0) is 12.1 Å². The Bertz CT molecular complexity index is 215. The Morgan fingerprint density at radius 3 is 1.67 bits per heavy atom. The molecule has 0 aliphatic heterocycles. The second-order valence-electron chi connectivity index (χ2n) is 2.07. The van der Waals surface area contributed by atoms with Crippen LogP contribution < -0.4 is 20.9 Å². The van der Waals surface area contributed by atoms with Crippen LogP contribution in [0.3, 0.4) is 0 Å². The van der Waals surface area contributed by atoms with Crippen LogP contribution in [0.2, 0.25) is 0 Å². The van der Waals surface area contributed by atoms with Crippen LogP contribution in [0, 0.1) is 0 Å². The normalized spacial score (nSPS) is 9.50. The zero-order chi connectivity index (χ0) is 8.81. The van der Waals surface area contributed by atoms with Gasteiger partial charge in [0.25, 0.3) is 0 Å². The van der Waals surface area contributed by atoms with Gasteiger partial charge in [-0.3, -0.25) is 11.5 Å². The van der Waals surface area contributed by atoms with Crippen molar-refractivity contribution in [3.63, 3.8) is 0 Å². The van der Waals surface area contributed by atoms with Crippen molar-refractivity contribution >= 4 is 0 Å². The monoisotopic (exact) mass is 168 g/mol. The number of hydrogen-bond donors (Lipinski definition) is 2. The van der Waals surface area contributed by atoms with Gasteiger partial charge in [0.05, 0.1) is 0 Å². The summed E-state index contributed by atoms with van der Waals surface area (Å²) in [4.78, 5) is 0. The zero-order valence-corrected chi connectivity index (χ0v) is 6.69. The fourth-order valence-corrected chi connectivity index (χ4v) is 0.868. The number of benzene rings is 1. The molecule has 0 fully saturated rings. The van der Waals surface area contributed by atoms with E-state index in [1.165, 1.54) is 0 Å². The highest BCUT2D eigenvalue weighted by Crippen LogP contribution is 2.25. The second-order valence-corrected chi connectivity index (χ2v) is 2.07. The van der Waals surface area contributed by atoms with Crippen LogP contribution >= 0.6 is 0 Å². The third-order valence-corrected chi connectivity index (χ3v) is 1.33. The Morgan fingerprint density at radius 2 is 1.33 bits per heavy atom. The molecule has 0 heterocycles. The Hall–Kier alpha value is -1.26. The van der Waals surface area contributed by atoms with Gasteiger partial charge in [-0.2, -0.15) is 0 Å². The highest BCUT2D eigenvalue weighted by atomic mass is 16.5. The van der Waals surface area contributed by atoms with Gasteiger partial charge in [-0.15, -0.1) is 0 Å². The molecule has 1 aromatic carbocycles. The molecular formula is C8H12N2O2. The first kappa shape index (κ1) is 8.83. The Balaban J connectivity index is 2.77. The minimum atomic E-state index is 0.130. The largest absolute Gasteiger partial charge is 0.475 e. The molecule has 12 heavy (non-hydrogen) atoms. The molecule has 0 saturated carbocycles. The lowest BCUT2D eigenvalue weighted by atomic mass is 10.3. The van der Waals surface area contributed by atoms with Crippen LogP contribution in [-0.4, -0.2) is 13.5 Å². The van der Waals surface area contributed by atoms with E-state index in [1.807, 2.05) is 12.1 Å². The summed E-state index contributed by atoms with van der Waals surface area (Å²) in [5.74, 6) is 1.23. The first-order chi connectivity index (χ1) is 5.88. The summed E-state index contributed by atoms with van der Waals surface area (Å²) in [5.41, 5.74) is 10.4. The van der Waals surface area contributed by atoms with Crippen molar-refractivity contribution in [1.82, 2.24) is 0 Å². The minimum Gasteiger partial charge on any atom is -0.475 e. The van der Waals surface area contributed by atoms with Gasteiger partial charge in [0.1, 0.15) is 13.5 Å². The molecule has 1 aromatic rings. The van der Waals surface area contributed by atoms with Crippen LogP contribution in [0.5, 0.6) is 11.5 Å². The Labute approximate surface area is 71.1 Å². The molecule has 4 N–H and O–H groups in total. The van der Waals surface area contributed by atoms with E-state index in [0.717, 1.165) is 0 Å². The van der Waals surface area contributed by atoms with E-state index in [9.17, 15) is 0 Å². The molecule has 0 aliphatic rings. The number of ether oxygens (including phenoxy) is 2. The third kappa shape index (κ3) is 2.11. The third-order valence-electron chi connectivity index (χ3n) is 1.33. The molecule has 0 unspecified atom stereocenters. The summed E-state index contributed by atoms with van der Waals surface area (Å²) in [5, 5.41) is 0. The molecule has 0 saturated heterocycles. The summed E-state index contributed by atoms with van der Waals surface area (Å²) in [6.45, 7) is 0.260. The standard InChI is InChI=1S/C8H12N2O2/c9-5-11-7-3-1-2-4-8(7)12-6-10/h1-4H,5-6,9-10H2. The highest BCUT2D eigenvalue weighted by Gasteiger charge is 2.00. The lowest BCUT2D eigenvalue weighted by Crippen LogP contribution is -2.11. The first-order valence-corrected chi connectivity index (χ1v) is 3.63. The summed E-state index contributed by atoms with van der Waals surface area (Å²) < 4.78 is 10.2. The van der Waals surface area contributed by atoms with Crippen molar-refractivity contribution in [2.75, 3.05) is 13.5 Å². The van der Waals surface area contributed by atoms with E-state index in [0.29, 0.717) is 11.5 Å².